The number of hydrogen-bond acceptors (Lipinski definition) is 1. The number of hydrogen-bond donors (Lipinski definition) is 0. The lowest BCUT2D eigenvalue weighted by molar-refractivity contribution is 0.666. The van der Waals surface area contributed by atoms with Gasteiger partial charge in [0.05, 0.1) is 5.69 Å². The second-order valence-corrected chi connectivity index (χ2v) is 12.6. The van der Waals surface area contributed by atoms with Crippen LogP contribution in [0.4, 0.5) is 17.1 Å². The van der Waals surface area contributed by atoms with E-state index in [1.165, 1.54) is 71.0 Å². The first-order chi connectivity index (χ1) is 21.6. The number of anilines is 3. The minimum atomic E-state index is -0.0501. The summed E-state index contributed by atoms with van der Waals surface area (Å²) in [5.74, 6) is 0. The predicted octanol–water partition coefficient (Wildman–Crippen LogP) is 12.1. The summed E-state index contributed by atoms with van der Waals surface area (Å²) in [4.78, 5) is 2.39. The zero-order chi connectivity index (χ0) is 29.4. The van der Waals surface area contributed by atoms with Gasteiger partial charge in [-0.2, -0.15) is 0 Å². The van der Waals surface area contributed by atoms with Crippen LogP contribution in [0.1, 0.15) is 25.0 Å². The molecule has 0 atom stereocenters. The molecule has 0 fully saturated rings. The first kappa shape index (κ1) is 25.1. The average molecular weight is 562 g/mol. The summed E-state index contributed by atoms with van der Waals surface area (Å²) >= 11 is 0. The summed E-state index contributed by atoms with van der Waals surface area (Å²) in [6, 6.07) is 55.8. The van der Waals surface area contributed by atoms with Crippen molar-refractivity contribution in [3.05, 3.63) is 163 Å². The van der Waals surface area contributed by atoms with Gasteiger partial charge in [-0.05, 0) is 90.3 Å². The van der Waals surface area contributed by atoms with Crippen LogP contribution in [0.15, 0.2) is 152 Å². The van der Waals surface area contributed by atoms with Crippen LogP contribution < -0.4 is 4.90 Å². The fourth-order valence-corrected chi connectivity index (χ4v) is 7.80. The highest BCUT2D eigenvalue weighted by Crippen LogP contribution is 2.52. The quantitative estimate of drug-likeness (QED) is 0.194. The summed E-state index contributed by atoms with van der Waals surface area (Å²) in [7, 11) is 0. The Hall–Kier alpha value is -5.40. The third-order valence-corrected chi connectivity index (χ3v) is 9.78. The lowest BCUT2D eigenvalue weighted by Crippen LogP contribution is -2.15. The molecule has 9 rings (SSSR count). The number of rotatable bonds is 3. The molecule has 1 aliphatic rings. The molecule has 0 unspecified atom stereocenters. The molecule has 44 heavy (non-hydrogen) atoms. The number of fused-ring (bicyclic) bond motifs is 10. The van der Waals surface area contributed by atoms with Crippen molar-refractivity contribution in [2.75, 3.05) is 4.90 Å². The van der Waals surface area contributed by atoms with E-state index in [2.05, 4.69) is 170 Å². The molecular formula is C43H31N. The van der Waals surface area contributed by atoms with E-state index in [1.54, 1.807) is 0 Å². The van der Waals surface area contributed by atoms with Crippen molar-refractivity contribution in [2.45, 2.75) is 19.3 Å². The van der Waals surface area contributed by atoms with Gasteiger partial charge in [-0.25, -0.2) is 0 Å². The molecule has 0 spiro atoms. The van der Waals surface area contributed by atoms with Crippen LogP contribution in [-0.4, -0.2) is 0 Å². The Balaban J connectivity index is 1.29. The highest BCUT2D eigenvalue weighted by atomic mass is 15.1. The molecule has 1 heteroatoms. The van der Waals surface area contributed by atoms with Crippen molar-refractivity contribution in [3.8, 4) is 11.1 Å². The lowest BCUT2D eigenvalue weighted by Gasteiger charge is -2.27. The molecule has 0 aliphatic heterocycles. The molecule has 8 aromatic carbocycles. The van der Waals surface area contributed by atoms with Gasteiger partial charge >= 0.3 is 0 Å². The second-order valence-electron chi connectivity index (χ2n) is 12.6. The minimum absolute atomic E-state index is 0.0501. The molecule has 0 saturated carbocycles. The molecule has 0 bridgehead atoms. The number of para-hydroxylation sites is 1. The molecular weight excluding hydrogens is 530 g/mol. The smallest absolute Gasteiger partial charge is 0.0540 e. The van der Waals surface area contributed by atoms with E-state index in [0.29, 0.717) is 0 Å². The third-order valence-electron chi connectivity index (χ3n) is 9.78. The first-order valence-corrected chi connectivity index (χ1v) is 15.5. The normalized spacial score (nSPS) is 13.4. The van der Waals surface area contributed by atoms with E-state index in [1.807, 2.05) is 0 Å². The Labute approximate surface area is 257 Å². The fourth-order valence-electron chi connectivity index (χ4n) is 7.80. The molecule has 8 aromatic rings. The van der Waals surface area contributed by atoms with Crippen LogP contribution >= 0.6 is 0 Å². The van der Waals surface area contributed by atoms with Crippen LogP contribution in [0.2, 0.25) is 0 Å². The average Bonchev–Trinajstić information content (AvgIpc) is 3.31. The van der Waals surface area contributed by atoms with Crippen molar-refractivity contribution < 1.29 is 0 Å². The summed E-state index contributed by atoms with van der Waals surface area (Å²) in [5, 5.41) is 10.3. The van der Waals surface area contributed by atoms with Crippen LogP contribution in [0.5, 0.6) is 0 Å². The number of nitrogens with zero attached hydrogens (tertiary/aromatic N) is 1. The molecule has 0 N–H and O–H groups in total. The van der Waals surface area contributed by atoms with Gasteiger partial charge in [0.1, 0.15) is 0 Å². The molecule has 208 valence electrons. The van der Waals surface area contributed by atoms with Crippen molar-refractivity contribution in [3.63, 3.8) is 0 Å². The molecule has 0 radical (unpaired) electrons. The predicted molar refractivity (Wildman–Crippen MR) is 189 cm³/mol. The molecule has 1 nitrogen and oxygen atoms in total. The maximum absolute atomic E-state index is 2.39. The van der Waals surface area contributed by atoms with E-state index in [-0.39, 0.29) is 5.41 Å². The minimum Gasteiger partial charge on any atom is -0.310 e. The van der Waals surface area contributed by atoms with Crippen molar-refractivity contribution in [2.24, 2.45) is 0 Å². The lowest BCUT2D eigenvalue weighted by atomic mass is 9.79. The van der Waals surface area contributed by atoms with Crippen LogP contribution in [-0.2, 0) is 5.41 Å². The monoisotopic (exact) mass is 561 g/mol. The topological polar surface area (TPSA) is 3.24 Å². The highest BCUT2D eigenvalue weighted by Gasteiger charge is 2.36. The Bertz CT molecular complexity index is 2410. The first-order valence-electron chi connectivity index (χ1n) is 15.5. The second kappa shape index (κ2) is 9.30. The SMILES string of the molecule is CC1(C)c2ccccc2-c2ccc3c(ccc4ccc5cc(N(c6ccccc6)c6cccc7ccccc67)ccc5c43)c21. The van der Waals surface area contributed by atoms with E-state index in [9.17, 15) is 0 Å². The van der Waals surface area contributed by atoms with Gasteiger partial charge in [0.25, 0.3) is 0 Å². The van der Waals surface area contributed by atoms with E-state index >= 15 is 0 Å². The molecule has 0 saturated heterocycles. The Morgan fingerprint density at radius 2 is 1.14 bits per heavy atom. The van der Waals surface area contributed by atoms with Crippen molar-refractivity contribution >= 4 is 60.2 Å². The van der Waals surface area contributed by atoms with Crippen molar-refractivity contribution in [1.29, 1.82) is 0 Å². The van der Waals surface area contributed by atoms with Gasteiger partial charge in [0, 0.05) is 22.2 Å². The van der Waals surface area contributed by atoms with E-state index in [0.717, 1.165) is 11.4 Å². The third kappa shape index (κ3) is 3.53. The van der Waals surface area contributed by atoms with Crippen LogP contribution in [0.25, 0.3) is 54.2 Å². The Morgan fingerprint density at radius 3 is 2.05 bits per heavy atom. The summed E-state index contributed by atoms with van der Waals surface area (Å²) in [5.41, 5.74) is 9.02. The largest absolute Gasteiger partial charge is 0.310 e. The molecule has 0 heterocycles. The summed E-state index contributed by atoms with van der Waals surface area (Å²) < 4.78 is 0. The van der Waals surface area contributed by atoms with Gasteiger partial charge in [-0.1, -0.05) is 135 Å². The Morgan fingerprint density at radius 1 is 0.432 bits per heavy atom. The highest BCUT2D eigenvalue weighted by molar-refractivity contribution is 6.22. The van der Waals surface area contributed by atoms with E-state index in [4.69, 9.17) is 0 Å². The maximum Gasteiger partial charge on any atom is 0.0540 e. The maximum atomic E-state index is 2.39. The van der Waals surface area contributed by atoms with Gasteiger partial charge in [-0.15, -0.1) is 0 Å². The fraction of sp³-hybridized carbons (Fsp3) is 0.0698. The summed E-state index contributed by atoms with van der Waals surface area (Å²) in [6.45, 7) is 4.75. The molecule has 1 aliphatic carbocycles. The number of benzene rings is 8. The Kier molecular flexibility index (Phi) is 5.31. The van der Waals surface area contributed by atoms with Crippen LogP contribution in [0.3, 0.4) is 0 Å². The van der Waals surface area contributed by atoms with Crippen LogP contribution in [0, 0.1) is 0 Å². The standard InChI is InChI=1S/C43H31N/c1-43(2)39-17-9-8-16-35(39)37-26-25-36-38(42(37)43)23-21-29-19-20-30-27-32(22-24-34(30)41(29)36)44(31-13-4-3-5-14-31)40-18-10-12-28-11-6-7-15-33(28)40/h3-27H,1-2H3. The van der Waals surface area contributed by atoms with Gasteiger partial charge in [0.15, 0.2) is 0 Å². The van der Waals surface area contributed by atoms with Gasteiger partial charge in [-0.3, -0.25) is 0 Å². The van der Waals surface area contributed by atoms with Gasteiger partial charge < -0.3 is 4.90 Å². The molecule has 0 amide bonds. The summed E-state index contributed by atoms with van der Waals surface area (Å²) in [6.07, 6.45) is 0. The van der Waals surface area contributed by atoms with Crippen molar-refractivity contribution in [1.82, 2.24) is 0 Å². The van der Waals surface area contributed by atoms with E-state index < -0.39 is 0 Å². The zero-order valence-corrected chi connectivity index (χ0v) is 24.9. The zero-order valence-electron chi connectivity index (χ0n) is 24.9. The molecule has 0 aromatic heterocycles. The van der Waals surface area contributed by atoms with Gasteiger partial charge in [0.2, 0.25) is 0 Å².